The first-order chi connectivity index (χ1) is 10.4. The minimum atomic E-state index is -3.83. The largest absolute Gasteiger partial charge is 0.377 e. The van der Waals surface area contributed by atoms with Gasteiger partial charge in [0.05, 0.1) is 25.1 Å². The second-order valence-electron chi connectivity index (χ2n) is 5.38. The van der Waals surface area contributed by atoms with Crippen molar-refractivity contribution in [2.45, 2.75) is 17.4 Å². The summed E-state index contributed by atoms with van der Waals surface area (Å²) in [5.41, 5.74) is -0.283. The highest BCUT2D eigenvalue weighted by Crippen LogP contribution is 2.33. The summed E-state index contributed by atoms with van der Waals surface area (Å²) in [6, 6.07) is 6.10. The van der Waals surface area contributed by atoms with E-state index in [2.05, 4.69) is 9.82 Å². The predicted molar refractivity (Wildman–Crippen MR) is 77.2 cm³/mol. The lowest BCUT2D eigenvalue weighted by atomic mass is 9.89. The third-order valence-electron chi connectivity index (χ3n) is 3.90. The highest BCUT2D eigenvalue weighted by molar-refractivity contribution is 7.89. The lowest BCUT2D eigenvalue weighted by molar-refractivity contribution is -0.0680. The van der Waals surface area contributed by atoms with Crippen LogP contribution in [0.15, 0.2) is 35.4 Å². The summed E-state index contributed by atoms with van der Waals surface area (Å²) >= 11 is 0. The zero-order chi connectivity index (χ0) is 16.0. The van der Waals surface area contributed by atoms with E-state index in [-0.39, 0.29) is 23.7 Å². The maximum absolute atomic E-state index is 14.1. The van der Waals surface area contributed by atoms with E-state index in [4.69, 9.17) is 4.74 Å². The molecule has 0 spiro atoms. The van der Waals surface area contributed by atoms with Gasteiger partial charge in [-0.05, 0) is 13.0 Å². The van der Waals surface area contributed by atoms with Crippen molar-refractivity contribution in [3.05, 3.63) is 47.5 Å². The van der Waals surface area contributed by atoms with Gasteiger partial charge in [0.25, 0.3) is 0 Å². The second-order valence-corrected chi connectivity index (χ2v) is 7.03. The Morgan fingerprint density at radius 2 is 2.05 bits per heavy atom. The topological polar surface area (TPSA) is 73.2 Å². The molecule has 1 fully saturated rings. The van der Waals surface area contributed by atoms with Crippen LogP contribution in [0.4, 0.5) is 4.39 Å². The van der Waals surface area contributed by atoms with Crippen LogP contribution < -0.4 is 4.72 Å². The van der Waals surface area contributed by atoms with Gasteiger partial charge in [0, 0.05) is 12.6 Å². The van der Waals surface area contributed by atoms with Gasteiger partial charge in [0.2, 0.25) is 10.0 Å². The molecule has 0 atom stereocenters. The number of aromatic nitrogens is 2. The second kappa shape index (κ2) is 5.15. The summed E-state index contributed by atoms with van der Waals surface area (Å²) in [6.07, 6.45) is 1.28. The van der Waals surface area contributed by atoms with Crippen LogP contribution in [-0.4, -0.2) is 31.4 Å². The molecule has 1 aliphatic heterocycles. The highest BCUT2D eigenvalue weighted by Gasteiger charge is 2.46. The van der Waals surface area contributed by atoms with Crippen LogP contribution in [0.25, 0.3) is 0 Å². The molecule has 0 bridgehead atoms. The Balaban J connectivity index is 2.00. The number of hydrogen-bond donors (Lipinski definition) is 1. The lowest BCUT2D eigenvalue weighted by Gasteiger charge is -2.42. The Kier molecular flexibility index (Phi) is 3.54. The Labute approximate surface area is 128 Å². The van der Waals surface area contributed by atoms with Crippen molar-refractivity contribution in [1.29, 1.82) is 0 Å². The first-order valence-electron chi connectivity index (χ1n) is 6.71. The first-order valence-corrected chi connectivity index (χ1v) is 8.19. The van der Waals surface area contributed by atoms with Crippen LogP contribution in [0.2, 0.25) is 0 Å². The van der Waals surface area contributed by atoms with Gasteiger partial charge in [0.15, 0.2) is 0 Å². The van der Waals surface area contributed by atoms with Crippen LogP contribution in [0.1, 0.15) is 11.3 Å². The molecule has 1 aromatic carbocycles. The maximum Gasteiger partial charge on any atom is 0.244 e. The summed E-state index contributed by atoms with van der Waals surface area (Å²) in [5.74, 6) is -0.462. The van der Waals surface area contributed by atoms with E-state index >= 15 is 0 Å². The summed E-state index contributed by atoms with van der Waals surface area (Å²) in [6.45, 7) is 1.84. The van der Waals surface area contributed by atoms with E-state index < -0.39 is 21.4 Å². The normalized spacial score (nSPS) is 17.2. The van der Waals surface area contributed by atoms with Crippen LogP contribution in [-0.2, 0) is 27.3 Å². The number of hydrogen-bond acceptors (Lipinski definition) is 4. The van der Waals surface area contributed by atoms with Crippen molar-refractivity contribution in [3.63, 3.8) is 0 Å². The third-order valence-corrected chi connectivity index (χ3v) is 5.54. The van der Waals surface area contributed by atoms with Crippen LogP contribution in [0.3, 0.4) is 0 Å². The molecule has 0 amide bonds. The summed E-state index contributed by atoms with van der Waals surface area (Å²) in [7, 11) is -2.17. The molecule has 2 heterocycles. The number of aryl methyl sites for hydroxylation is 1. The molecule has 22 heavy (non-hydrogen) atoms. The monoisotopic (exact) mass is 325 g/mol. The molecular weight excluding hydrogens is 309 g/mol. The quantitative estimate of drug-likeness (QED) is 0.913. The van der Waals surface area contributed by atoms with Gasteiger partial charge >= 0.3 is 0 Å². The summed E-state index contributed by atoms with van der Waals surface area (Å²) in [5, 5.41) is 3.94. The SMILES string of the molecule is Cc1c(S(=O)(=O)NC2(c3ccccc3F)COC2)cnn1C. The van der Waals surface area contributed by atoms with E-state index in [1.165, 1.54) is 16.9 Å². The number of nitrogens with zero attached hydrogens (tertiary/aromatic N) is 2. The van der Waals surface area contributed by atoms with Gasteiger partial charge in [-0.25, -0.2) is 12.8 Å². The van der Waals surface area contributed by atoms with Gasteiger partial charge in [-0.3, -0.25) is 4.68 Å². The molecular formula is C14H16FN3O3S. The molecule has 2 aromatic rings. The van der Waals surface area contributed by atoms with Crippen molar-refractivity contribution in [2.24, 2.45) is 7.05 Å². The number of rotatable bonds is 4. The number of ether oxygens (including phenoxy) is 1. The van der Waals surface area contributed by atoms with E-state index in [9.17, 15) is 12.8 Å². The van der Waals surface area contributed by atoms with Crippen molar-refractivity contribution >= 4 is 10.0 Å². The minimum absolute atomic E-state index is 0.0811. The average Bonchev–Trinajstić information content (AvgIpc) is 2.76. The van der Waals surface area contributed by atoms with Gasteiger partial charge < -0.3 is 4.74 Å². The van der Waals surface area contributed by atoms with Crippen LogP contribution in [0, 0.1) is 12.7 Å². The van der Waals surface area contributed by atoms with Crippen molar-refractivity contribution < 1.29 is 17.5 Å². The maximum atomic E-state index is 14.1. The molecule has 0 radical (unpaired) electrons. The van der Waals surface area contributed by atoms with E-state index in [0.717, 1.165) is 0 Å². The Morgan fingerprint density at radius 1 is 1.36 bits per heavy atom. The van der Waals surface area contributed by atoms with Crippen molar-refractivity contribution in [3.8, 4) is 0 Å². The first kappa shape index (κ1) is 15.1. The fourth-order valence-electron chi connectivity index (χ4n) is 2.48. The molecule has 0 aliphatic carbocycles. The molecule has 1 aromatic heterocycles. The Bertz CT molecular complexity index is 812. The molecule has 0 unspecified atom stereocenters. The zero-order valence-electron chi connectivity index (χ0n) is 12.2. The van der Waals surface area contributed by atoms with Gasteiger partial charge in [0.1, 0.15) is 16.3 Å². The number of sulfonamides is 1. The molecule has 8 heteroatoms. The molecule has 1 N–H and O–H groups in total. The lowest BCUT2D eigenvalue weighted by Crippen LogP contribution is -2.59. The molecule has 118 valence electrons. The van der Waals surface area contributed by atoms with Gasteiger partial charge in [-0.1, -0.05) is 18.2 Å². The fraction of sp³-hybridized carbons (Fsp3) is 0.357. The summed E-state index contributed by atoms with van der Waals surface area (Å²) < 4.78 is 48.5. The smallest absolute Gasteiger partial charge is 0.244 e. The van der Waals surface area contributed by atoms with E-state index in [1.54, 1.807) is 32.2 Å². The molecule has 3 rings (SSSR count). The van der Waals surface area contributed by atoms with Crippen LogP contribution >= 0.6 is 0 Å². The molecule has 6 nitrogen and oxygen atoms in total. The Morgan fingerprint density at radius 3 is 2.55 bits per heavy atom. The summed E-state index contributed by atoms with van der Waals surface area (Å²) in [4.78, 5) is 0.0811. The van der Waals surface area contributed by atoms with E-state index in [1.807, 2.05) is 0 Å². The van der Waals surface area contributed by atoms with Crippen LogP contribution in [0.5, 0.6) is 0 Å². The molecule has 1 aliphatic rings. The predicted octanol–water partition coefficient (Wildman–Crippen LogP) is 1.07. The standard InChI is InChI=1S/C14H16FN3O3S/c1-10-13(7-16-18(10)2)22(19,20)17-14(8-21-9-14)11-5-3-4-6-12(11)15/h3-7,17H,8-9H2,1-2H3. The van der Waals surface area contributed by atoms with E-state index in [0.29, 0.717) is 5.69 Å². The van der Waals surface area contributed by atoms with Crippen molar-refractivity contribution in [1.82, 2.24) is 14.5 Å². The highest BCUT2D eigenvalue weighted by atomic mass is 32.2. The van der Waals surface area contributed by atoms with Gasteiger partial charge in [-0.15, -0.1) is 0 Å². The zero-order valence-corrected chi connectivity index (χ0v) is 13.0. The Hall–Kier alpha value is -1.77. The number of benzene rings is 1. The fourth-order valence-corrected chi connectivity index (χ4v) is 4.04. The minimum Gasteiger partial charge on any atom is -0.377 e. The average molecular weight is 325 g/mol. The third kappa shape index (κ3) is 2.33. The molecule has 1 saturated heterocycles. The number of halogens is 1. The van der Waals surface area contributed by atoms with Gasteiger partial charge in [-0.2, -0.15) is 9.82 Å². The van der Waals surface area contributed by atoms with Crippen molar-refractivity contribution in [2.75, 3.05) is 13.2 Å². The number of nitrogens with one attached hydrogen (secondary N) is 1. The molecule has 0 saturated carbocycles.